The number of benzene rings is 3. The minimum Gasteiger partial charge on any atom is -0.495 e. The van der Waals surface area contributed by atoms with Gasteiger partial charge >= 0.3 is 0 Å². The number of carbonyl (C=O) groups excluding carboxylic acids is 2. The molecule has 32 heavy (non-hydrogen) atoms. The van der Waals surface area contributed by atoms with Gasteiger partial charge in [0.1, 0.15) is 11.4 Å². The smallest absolute Gasteiger partial charge is 0.282 e. The number of hydrogen-bond acceptors (Lipinski definition) is 4. The Kier molecular flexibility index (Phi) is 5.96. The third-order valence-electron chi connectivity index (χ3n) is 5.25. The third kappa shape index (κ3) is 3.97. The number of hydrogen-bond donors (Lipinski definition) is 1. The number of amides is 2. The van der Waals surface area contributed by atoms with E-state index in [0.29, 0.717) is 38.3 Å². The van der Waals surface area contributed by atoms with E-state index < -0.39 is 11.8 Å². The normalized spacial score (nSPS) is 13.7. The zero-order valence-electron chi connectivity index (χ0n) is 17.7. The highest BCUT2D eigenvalue weighted by atomic mass is 35.5. The van der Waals surface area contributed by atoms with Crippen molar-refractivity contribution in [2.45, 2.75) is 13.8 Å². The lowest BCUT2D eigenvalue weighted by atomic mass is 10.0. The van der Waals surface area contributed by atoms with Crippen LogP contribution in [0.15, 0.2) is 66.4 Å². The average molecular weight is 467 g/mol. The molecular weight excluding hydrogens is 447 g/mol. The van der Waals surface area contributed by atoms with Gasteiger partial charge in [0, 0.05) is 10.0 Å². The lowest BCUT2D eigenvalue weighted by Gasteiger charge is -2.18. The van der Waals surface area contributed by atoms with Crippen LogP contribution in [0.1, 0.15) is 16.7 Å². The van der Waals surface area contributed by atoms with Gasteiger partial charge in [-0.3, -0.25) is 9.59 Å². The van der Waals surface area contributed by atoms with E-state index in [2.05, 4.69) is 5.32 Å². The second-order valence-electron chi connectivity index (χ2n) is 7.46. The summed E-state index contributed by atoms with van der Waals surface area (Å²) < 4.78 is 5.40. The maximum absolute atomic E-state index is 13.6. The van der Waals surface area contributed by atoms with Gasteiger partial charge in [0.05, 0.1) is 24.1 Å². The predicted octanol–water partition coefficient (Wildman–Crippen LogP) is 6.02. The highest BCUT2D eigenvalue weighted by Gasteiger charge is 2.41. The van der Waals surface area contributed by atoms with Gasteiger partial charge in [0.15, 0.2) is 0 Å². The maximum atomic E-state index is 13.6. The highest BCUT2D eigenvalue weighted by molar-refractivity contribution is 6.46. The lowest BCUT2D eigenvalue weighted by Crippen LogP contribution is -2.33. The molecule has 0 saturated carbocycles. The summed E-state index contributed by atoms with van der Waals surface area (Å²) in [5, 5.41) is 4.10. The molecule has 0 saturated heterocycles. The van der Waals surface area contributed by atoms with Gasteiger partial charge in [-0.25, -0.2) is 4.90 Å². The molecule has 3 aromatic carbocycles. The second kappa shape index (κ2) is 8.69. The minimum atomic E-state index is -0.474. The summed E-state index contributed by atoms with van der Waals surface area (Å²) in [7, 11) is 1.52. The number of aryl methyl sites for hydroxylation is 2. The summed E-state index contributed by atoms with van der Waals surface area (Å²) in [5.41, 5.74) is 3.76. The molecule has 2 amide bonds. The van der Waals surface area contributed by atoms with Crippen molar-refractivity contribution in [3.8, 4) is 5.75 Å². The molecule has 162 valence electrons. The van der Waals surface area contributed by atoms with Crippen LogP contribution in [0.3, 0.4) is 0 Å². The molecule has 0 atom stereocenters. The molecule has 3 aromatic rings. The van der Waals surface area contributed by atoms with Crippen molar-refractivity contribution in [1.82, 2.24) is 0 Å². The van der Waals surface area contributed by atoms with Crippen LogP contribution in [0.5, 0.6) is 5.75 Å². The quantitative estimate of drug-likeness (QED) is 0.467. The van der Waals surface area contributed by atoms with Gasteiger partial charge in [-0.2, -0.15) is 0 Å². The van der Waals surface area contributed by atoms with Crippen molar-refractivity contribution in [2.75, 3.05) is 17.3 Å². The topological polar surface area (TPSA) is 58.6 Å². The van der Waals surface area contributed by atoms with Gasteiger partial charge < -0.3 is 10.1 Å². The summed E-state index contributed by atoms with van der Waals surface area (Å²) >= 11 is 12.3. The van der Waals surface area contributed by atoms with E-state index in [-0.39, 0.29) is 11.3 Å². The van der Waals surface area contributed by atoms with Crippen LogP contribution in [0, 0.1) is 13.8 Å². The molecule has 1 N–H and O–H groups in total. The molecule has 4 rings (SSSR count). The van der Waals surface area contributed by atoms with Crippen LogP contribution in [0.2, 0.25) is 10.0 Å². The summed E-state index contributed by atoms with van der Waals surface area (Å²) in [4.78, 5) is 28.3. The molecular formula is C25H20Cl2N2O3. The largest absolute Gasteiger partial charge is 0.495 e. The fourth-order valence-corrected chi connectivity index (χ4v) is 4.03. The number of nitrogens with zero attached hydrogens (tertiary/aromatic N) is 1. The Bertz CT molecular complexity index is 1270. The van der Waals surface area contributed by atoms with E-state index >= 15 is 0 Å². The van der Waals surface area contributed by atoms with Gasteiger partial charge in [0.25, 0.3) is 11.8 Å². The molecule has 7 heteroatoms. The van der Waals surface area contributed by atoms with Gasteiger partial charge in [-0.05, 0) is 61.4 Å². The summed E-state index contributed by atoms with van der Waals surface area (Å²) in [5.74, 6) is -0.405. The number of imide groups is 1. The Morgan fingerprint density at radius 2 is 1.50 bits per heavy atom. The fourth-order valence-electron chi connectivity index (χ4n) is 3.63. The SMILES string of the molecule is COc1ccc(Cl)cc1NC1=C(c2ccc(C)cc2)C(=O)N(c2ccc(Cl)cc2C)C1=O. The van der Waals surface area contributed by atoms with E-state index in [9.17, 15) is 9.59 Å². The lowest BCUT2D eigenvalue weighted by molar-refractivity contribution is -0.120. The van der Waals surface area contributed by atoms with Gasteiger partial charge in [-0.1, -0.05) is 53.0 Å². The Balaban J connectivity index is 1.87. The van der Waals surface area contributed by atoms with E-state index in [1.807, 2.05) is 31.2 Å². The van der Waals surface area contributed by atoms with Crippen LogP contribution in [0.25, 0.3) is 5.57 Å². The maximum Gasteiger partial charge on any atom is 0.282 e. The van der Waals surface area contributed by atoms with E-state index in [4.69, 9.17) is 27.9 Å². The standard InChI is InChI=1S/C25H20Cl2N2O3/c1-14-4-6-16(7-5-14)22-23(28-19-13-18(27)9-11-21(19)32-3)25(31)29(24(22)30)20-10-8-17(26)12-15(20)2/h4-13,28H,1-3H3. The Hall–Kier alpha value is -3.28. The minimum absolute atomic E-state index is 0.147. The second-order valence-corrected chi connectivity index (χ2v) is 8.34. The number of anilines is 2. The van der Waals surface area contributed by atoms with E-state index in [1.54, 1.807) is 43.3 Å². The molecule has 1 heterocycles. The third-order valence-corrected chi connectivity index (χ3v) is 5.72. The van der Waals surface area contributed by atoms with Crippen molar-refractivity contribution in [1.29, 1.82) is 0 Å². The summed E-state index contributed by atoms with van der Waals surface area (Å²) in [6.45, 7) is 3.76. The number of carbonyl (C=O) groups is 2. The first-order chi connectivity index (χ1) is 15.3. The van der Waals surface area contributed by atoms with Crippen LogP contribution in [-0.2, 0) is 9.59 Å². The monoisotopic (exact) mass is 466 g/mol. The average Bonchev–Trinajstić information content (AvgIpc) is 2.99. The molecule has 0 spiro atoms. The zero-order chi connectivity index (χ0) is 23.0. The molecule has 1 aliphatic rings. The summed E-state index contributed by atoms with van der Waals surface area (Å²) in [6, 6.07) is 17.5. The Morgan fingerprint density at radius 1 is 0.844 bits per heavy atom. The Morgan fingerprint density at radius 3 is 2.16 bits per heavy atom. The van der Waals surface area contributed by atoms with Crippen molar-refractivity contribution in [3.63, 3.8) is 0 Å². The van der Waals surface area contributed by atoms with Crippen LogP contribution in [0.4, 0.5) is 11.4 Å². The van der Waals surface area contributed by atoms with Crippen molar-refractivity contribution in [3.05, 3.63) is 93.1 Å². The van der Waals surface area contributed by atoms with E-state index in [0.717, 1.165) is 5.56 Å². The highest BCUT2D eigenvalue weighted by Crippen LogP contribution is 2.37. The zero-order valence-corrected chi connectivity index (χ0v) is 19.2. The van der Waals surface area contributed by atoms with Crippen molar-refractivity contribution in [2.24, 2.45) is 0 Å². The first kappa shape index (κ1) is 21.9. The van der Waals surface area contributed by atoms with Gasteiger partial charge in [0.2, 0.25) is 0 Å². The molecule has 1 aliphatic heterocycles. The molecule has 0 radical (unpaired) electrons. The molecule has 5 nitrogen and oxygen atoms in total. The molecule has 0 bridgehead atoms. The summed E-state index contributed by atoms with van der Waals surface area (Å²) in [6.07, 6.45) is 0. The van der Waals surface area contributed by atoms with Crippen molar-refractivity contribution < 1.29 is 14.3 Å². The predicted molar refractivity (Wildman–Crippen MR) is 128 cm³/mol. The number of halogens is 2. The molecule has 0 aromatic heterocycles. The molecule has 0 unspecified atom stereocenters. The van der Waals surface area contributed by atoms with Gasteiger partial charge in [-0.15, -0.1) is 0 Å². The van der Waals surface area contributed by atoms with Crippen molar-refractivity contribution >= 4 is 52.0 Å². The fraction of sp³-hybridized carbons (Fsp3) is 0.120. The Labute approximate surface area is 196 Å². The van der Waals surface area contributed by atoms with Crippen LogP contribution in [-0.4, -0.2) is 18.9 Å². The van der Waals surface area contributed by atoms with Crippen LogP contribution < -0.4 is 15.0 Å². The molecule has 0 aliphatic carbocycles. The number of methoxy groups -OCH3 is 1. The first-order valence-electron chi connectivity index (χ1n) is 9.87. The number of nitrogens with one attached hydrogen (secondary N) is 1. The molecule has 0 fully saturated rings. The number of ether oxygens (including phenoxy) is 1. The number of rotatable bonds is 5. The van der Waals surface area contributed by atoms with Crippen LogP contribution >= 0.6 is 23.2 Å². The van der Waals surface area contributed by atoms with E-state index in [1.165, 1.54) is 12.0 Å². The first-order valence-corrected chi connectivity index (χ1v) is 10.6.